The molecule has 0 saturated heterocycles. The third-order valence-corrected chi connectivity index (χ3v) is 4.98. The van der Waals surface area contributed by atoms with E-state index >= 15 is 0 Å². The zero-order valence-electron chi connectivity index (χ0n) is 17.6. The zero-order chi connectivity index (χ0) is 23.9. The van der Waals surface area contributed by atoms with E-state index in [0.29, 0.717) is 34.1 Å². The van der Waals surface area contributed by atoms with Crippen LogP contribution in [0.2, 0.25) is 5.02 Å². The summed E-state index contributed by atoms with van der Waals surface area (Å²) in [5, 5.41) is 8.65. The van der Waals surface area contributed by atoms with Crippen LogP contribution in [0.5, 0.6) is 0 Å². The Bertz CT molecular complexity index is 1320. The average Bonchev–Trinajstić information content (AvgIpc) is 2.87. The standard InChI is InChI=1S/C24H18ClFN6O2/c25-20-7-6-18(30-22(33)16-4-1-3-15(9-16)11-26)10-21(20)32-23(34)17-12-28-24(29-13-17)31-19-5-2-8-27-14-19/h1-10,12-14H,11H2,(H,30,33)(H,32,34)(H,28,29,31). The van der Waals surface area contributed by atoms with Gasteiger partial charge in [-0.3, -0.25) is 14.6 Å². The van der Waals surface area contributed by atoms with Crippen LogP contribution in [0.1, 0.15) is 26.3 Å². The summed E-state index contributed by atoms with van der Waals surface area (Å²) in [6.07, 6.45) is 6.02. The number of hydrogen-bond acceptors (Lipinski definition) is 6. The molecule has 0 spiro atoms. The molecule has 4 rings (SSSR count). The van der Waals surface area contributed by atoms with Crippen LogP contribution in [0, 0.1) is 0 Å². The van der Waals surface area contributed by atoms with Crippen LogP contribution < -0.4 is 16.0 Å². The highest BCUT2D eigenvalue weighted by molar-refractivity contribution is 6.34. The lowest BCUT2D eigenvalue weighted by Crippen LogP contribution is -2.15. The number of hydrogen-bond donors (Lipinski definition) is 3. The quantitative estimate of drug-likeness (QED) is 0.336. The van der Waals surface area contributed by atoms with E-state index in [9.17, 15) is 14.0 Å². The summed E-state index contributed by atoms with van der Waals surface area (Å²) in [7, 11) is 0. The Kier molecular flexibility index (Phi) is 7.04. The predicted octanol–water partition coefficient (Wildman–Crippen LogP) is 5.24. The molecule has 0 fully saturated rings. The van der Waals surface area contributed by atoms with E-state index < -0.39 is 18.5 Å². The number of nitrogens with zero attached hydrogens (tertiary/aromatic N) is 3. The molecule has 0 aliphatic rings. The topological polar surface area (TPSA) is 109 Å². The lowest BCUT2D eigenvalue weighted by molar-refractivity contribution is 0.101. The van der Waals surface area contributed by atoms with Gasteiger partial charge < -0.3 is 16.0 Å². The van der Waals surface area contributed by atoms with Crippen LogP contribution in [0.4, 0.5) is 27.4 Å². The van der Waals surface area contributed by atoms with Crippen LogP contribution in [0.15, 0.2) is 79.4 Å². The molecule has 0 aliphatic heterocycles. The van der Waals surface area contributed by atoms with Crippen LogP contribution in [-0.4, -0.2) is 26.8 Å². The van der Waals surface area contributed by atoms with Crippen LogP contribution in [0.25, 0.3) is 0 Å². The fraction of sp³-hybridized carbons (Fsp3) is 0.0417. The summed E-state index contributed by atoms with van der Waals surface area (Å²) in [6, 6.07) is 14.5. The number of aromatic nitrogens is 3. The number of amides is 2. The van der Waals surface area contributed by atoms with Crippen molar-refractivity contribution in [1.82, 2.24) is 15.0 Å². The highest BCUT2D eigenvalue weighted by atomic mass is 35.5. The molecule has 34 heavy (non-hydrogen) atoms. The monoisotopic (exact) mass is 476 g/mol. The lowest BCUT2D eigenvalue weighted by Gasteiger charge is -2.11. The number of anilines is 4. The molecule has 0 saturated carbocycles. The maximum Gasteiger partial charge on any atom is 0.258 e. The van der Waals surface area contributed by atoms with Crippen molar-refractivity contribution in [3.63, 3.8) is 0 Å². The minimum absolute atomic E-state index is 0.213. The van der Waals surface area contributed by atoms with E-state index in [1.54, 1.807) is 48.8 Å². The first kappa shape index (κ1) is 22.8. The number of nitrogens with one attached hydrogen (secondary N) is 3. The Morgan fingerprint density at radius 2 is 1.65 bits per heavy atom. The Labute approximate surface area is 199 Å². The Hall–Kier alpha value is -4.37. The number of benzene rings is 2. The maximum absolute atomic E-state index is 12.9. The smallest absolute Gasteiger partial charge is 0.258 e. The second-order valence-corrected chi connectivity index (χ2v) is 7.51. The number of pyridine rings is 1. The number of halogens is 2. The van der Waals surface area contributed by atoms with Crippen molar-refractivity contribution in [1.29, 1.82) is 0 Å². The molecular formula is C24H18ClFN6O2. The highest BCUT2D eigenvalue weighted by Crippen LogP contribution is 2.26. The van der Waals surface area contributed by atoms with Gasteiger partial charge in [-0.15, -0.1) is 0 Å². The summed E-state index contributed by atoms with van der Waals surface area (Å²) >= 11 is 6.22. The minimum Gasteiger partial charge on any atom is -0.323 e. The minimum atomic E-state index is -0.664. The van der Waals surface area contributed by atoms with Gasteiger partial charge in [0.25, 0.3) is 11.8 Å². The van der Waals surface area contributed by atoms with Gasteiger partial charge in [0.15, 0.2) is 0 Å². The van der Waals surface area contributed by atoms with Gasteiger partial charge in [0.2, 0.25) is 5.95 Å². The lowest BCUT2D eigenvalue weighted by atomic mass is 10.1. The summed E-state index contributed by atoms with van der Waals surface area (Å²) in [5.41, 5.74) is 2.34. The van der Waals surface area contributed by atoms with Gasteiger partial charge in [-0.25, -0.2) is 14.4 Å². The molecule has 0 unspecified atom stereocenters. The van der Waals surface area contributed by atoms with E-state index in [4.69, 9.17) is 11.6 Å². The average molecular weight is 477 g/mol. The predicted molar refractivity (Wildman–Crippen MR) is 128 cm³/mol. The van der Waals surface area contributed by atoms with Crippen molar-refractivity contribution in [2.75, 3.05) is 16.0 Å². The van der Waals surface area contributed by atoms with Crippen molar-refractivity contribution in [3.05, 3.63) is 101 Å². The largest absolute Gasteiger partial charge is 0.323 e. The number of alkyl halides is 1. The summed E-state index contributed by atoms with van der Waals surface area (Å²) < 4.78 is 12.9. The van der Waals surface area contributed by atoms with Crippen molar-refractivity contribution in [3.8, 4) is 0 Å². The SMILES string of the molecule is O=C(Nc1ccc(Cl)c(NC(=O)c2cnc(Nc3cccnc3)nc2)c1)c1cccc(CF)c1. The molecule has 2 heterocycles. The molecule has 10 heteroatoms. The number of carbonyl (C=O) groups is 2. The fourth-order valence-electron chi connectivity index (χ4n) is 2.97. The number of rotatable bonds is 7. The van der Waals surface area contributed by atoms with Crippen molar-refractivity contribution in [2.24, 2.45) is 0 Å². The fourth-order valence-corrected chi connectivity index (χ4v) is 3.13. The first-order valence-electron chi connectivity index (χ1n) is 10.1. The maximum atomic E-state index is 12.9. The van der Waals surface area contributed by atoms with Crippen molar-refractivity contribution >= 4 is 46.4 Å². The second kappa shape index (κ2) is 10.5. The van der Waals surface area contributed by atoms with Gasteiger partial charge >= 0.3 is 0 Å². The van der Waals surface area contributed by atoms with E-state index in [-0.39, 0.29) is 10.6 Å². The van der Waals surface area contributed by atoms with Gasteiger partial charge in [-0.2, -0.15) is 0 Å². The number of carbonyl (C=O) groups excluding carboxylic acids is 2. The highest BCUT2D eigenvalue weighted by Gasteiger charge is 2.13. The second-order valence-electron chi connectivity index (χ2n) is 7.10. The normalized spacial score (nSPS) is 10.4. The third-order valence-electron chi connectivity index (χ3n) is 4.65. The van der Waals surface area contributed by atoms with Gasteiger partial charge in [-0.05, 0) is 48.0 Å². The Morgan fingerprint density at radius 1 is 0.853 bits per heavy atom. The van der Waals surface area contributed by atoms with Crippen LogP contribution >= 0.6 is 11.6 Å². The molecule has 170 valence electrons. The van der Waals surface area contributed by atoms with Crippen molar-refractivity contribution in [2.45, 2.75) is 6.67 Å². The summed E-state index contributed by atoms with van der Waals surface area (Å²) in [4.78, 5) is 37.4. The Balaban J connectivity index is 1.43. The molecule has 0 aliphatic carbocycles. The summed E-state index contributed by atoms with van der Waals surface area (Å²) in [5.74, 6) is -0.585. The molecule has 4 aromatic rings. The van der Waals surface area contributed by atoms with E-state index in [2.05, 4.69) is 30.9 Å². The van der Waals surface area contributed by atoms with Crippen LogP contribution in [-0.2, 0) is 6.67 Å². The molecule has 0 bridgehead atoms. The zero-order valence-corrected chi connectivity index (χ0v) is 18.4. The molecule has 2 aromatic heterocycles. The molecular weight excluding hydrogens is 459 g/mol. The molecule has 2 amide bonds. The van der Waals surface area contributed by atoms with Gasteiger partial charge in [0, 0.05) is 29.8 Å². The van der Waals surface area contributed by atoms with Gasteiger partial charge in [-0.1, -0.05) is 23.7 Å². The van der Waals surface area contributed by atoms with Crippen molar-refractivity contribution < 1.29 is 14.0 Å². The summed E-state index contributed by atoms with van der Waals surface area (Å²) in [6.45, 7) is -0.664. The van der Waals surface area contributed by atoms with E-state index in [1.807, 2.05) is 6.07 Å². The van der Waals surface area contributed by atoms with Gasteiger partial charge in [0.05, 0.1) is 28.2 Å². The molecule has 2 aromatic carbocycles. The third kappa shape index (κ3) is 5.70. The van der Waals surface area contributed by atoms with Crippen LogP contribution in [0.3, 0.4) is 0 Å². The first-order valence-corrected chi connectivity index (χ1v) is 10.5. The molecule has 8 nitrogen and oxygen atoms in total. The molecule has 3 N–H and O–H groups in total. The van der Waals surface area contributed by atoms with E-state index in [0.717, 1.165) is 0 Å². The Morgan fingerprint density at radius 3 is 2.38 bits per heavy atom. The van der Waals surface area contributed by atoms with E-state index in [1.165, 1.54) is 24.5 Å². The van der Waals surface area contributed by atoms with Gasteiger partial charge in [0.1, 0.15) is 6.67 Å². The first-order chi connectivity index (χ1) is 16.5. The molecule has 0 atom stereocenters. The molecule has 0 radical (unpaired) electrons.